The van der Waals surface area contributed by atoms with Crippen molar-refractivity contribution in [2.75, 3.05) is 0 Å². The lowest BCUT2D eigenvalue weighted by Crippen LogP contribution is -2.14. The summed E-state index contributed by atoms with van der Waals surface area (Å²) in [5.41, 5.74) is 8.95. The second-order valence-corrected chi connectivity index (χ2v) is 8.02. The van der Waals surface area contributed by atoms with Gasteiger partial charge in [-0.15, -0.1) is 0 Å². The number of hydrogen-bond donors (Lipinski definition) is 0. The van der Waals surface area contributed by atoms with E-state index >= 15 is 0 Å². The summed E-state index contributed by atoms with van der Waals surface area (Å²) in [5.74, 6) is 0. The zero-order valence-electron chi connectivity index (χ0n) is 13.5. The van der Waals surface area contributed by atoms with Crippen molar-refractivity contribution in [2.24, 2.45) is 0 Å². The Morgan fingerprint density at radius 2 is 0.850 bits per heavy atom. The number of benzene rings is 2. The van der Waals surface area contributed by atoms with E-state index in [1.807, 2.05) is 0 Å². The van der Waals surface area contributed by atoms with E-state index in [1.54, 1.807) is 0 Å². The van der Waals surface area contributed by atoms with Gasteiger partial charge in [0.15, 0.2) is 0 Å². The van der Waals surface area contributed by atoms with E-state index in [-0.39, 0.29) is 10.8 Å². The van der Waals surface area contributed by atoms with Crippen molar-refractivity contribution in [3.63, 3.8) is 0 Å². The van der Waals surface area contributed by atoms with Gasteiger partial charge in [-0.3, -0.25) is 0 Å². The Hall–Kier alpha value is -1.56. The Morgan fingerprint density at radius 3 is 1.15 bits per heavy atom. The van der Waals surface area contributed by atoms with Crippen LogP contribution in [0, 0.1) is 0 Å². The summed E-state index contributed by atoms with van der Waals surface area (Å²) >= 11 is 0. The average molecular weight is 264 g/mol. The Bertz CT molecular complexity index is 600. The Morgan fingerprint density at radius 1 is 0.500 bits per heavy atom. The molecule has 0 unspecified atom stereocenters. The quantitative estimate of drug-likeness (QED) is 0.472. The van der Waals surface area contributed by atoms with E-state index in [0.29, 0.717) is 0 Å². The number of rotatable bonds is 0. The van der Waals surface area contributed by atoms with Gasteiger partial charge in [-0.1, -0.05) is 65.8 Å². The van der Waals surface area contributed by atoms with Crippen LogP contribution in [0.1, 0.15) is 52.7 Å². The standard InChI is InChI=1S/C20H24/c1-19(2,3)13-7-9-15-17(11-13)16-10-8-14(12-18(15)16)20(4,5)6/h7-12H,1-6H3. The molecule has 0 atom stereocenters. The first-order valence-corrected chi connectivity index (χ1v) is 7.48. The minimum absolute atomic E-state index is 0.218. The largest absolute Gasteiger partial charge is 0.0578 e. The Balaban J connectivity index is 2.06. The molecular formula is C20H24. The topological polar surface area (TPSA) is 0 Å². The molecule has 0 amide bonds. The van der Waals surface area contributed by atoms with Crippen molar-refractivity contribution < 1.29 is 0 Å². The molecule has 104 valence electrons. The lowest BCUT2D eigenvalue weighted by atomic mass is 9.74. The van der Waals surface area contributed by atoms with E-state index < -0.39 is 0 Å². The molecule has 0 nitrogen and oxygen atoms in total. The van der Waals surface area contributed by atoms with Gasteiger partial charge in [-0.05, 0) is 56.3 Å². The molecule has 0 N–H and O–H groups in total. The predicted octanol–water partition coefficient (Wildman–Crippen LogP) is 5.93. The van der Waals surface area contributed by atoms with Gasteiger partial charge in [0.05, 0.1) is 0 Å². The molecule has 0 fully saturated rings. The van der Waals surface area contributed by atoms with Crippen molar-refractivity contribution in [3.05, 3.63) is 47.5 Å². The van der Waals surface area contributed by atoms with Crippen LogP contribution in [0.2, 0.25) is 0 Å². The van der Waals surface area contributed by atoms with Gasteiger partial charge in [0.1, 0.15) is 0 Å². The lowest BCUT2D eigenvalue weighted by Gasteiger charge is -2.30. The smallest absolute Gasteiger partial charge is 0.00960 e. The SMILES string of the molecule is CC(C)(C)c1ccc2c(c1)-c1ccc(C(C)(C)C)cc1-2. The Labute approximate surface area is 122 Å². The van der Waals surface area contributed by atoms with E-state index in [1.165, 1.54) is 33.4 Å². The van der Waals surface area contributed by atoms with Gasteiger partial charge in [0.25, 0.3) is 0 Å². The van der Waals surface area contributed by atoms with Crippen LogP contribution in [0.4, 0.5) is 0 Å². The molecule has 0 aromatic heterocycles. The van der Waals surface area contributed by atoms with Crippen LogP contribution >= 0.6 is 0 Å². The molecule has 0 heteroatoms. The maximum Gasteiger partial charge on any atom is -0.00960 e. The normalized spacial score (nSPS) is 13.5. The van der Waals surface area contributed by atoms with Gasteiger partial charge in [-0.2, -0.15) is 0 Å². The summed E-state index contributed by atoms with van der Waals surface area (Å²) in [6.45, 7) is 13.6. The maximum absolute atomic E-state index is 2.37. The van der Waals surface area contributed by atoms with Crippen LogP contribution in [-0.2, 0) is 10.8 Å². The fourth-order valence-corrected chi connectivity index (χ4v) is 2.87. The van der Waals surface area contributed by atoms with Crippen molar-refractivity contribution in [2.45, 2.75) is 52.4 Å². The van der Waals surface area contributed by atoms with Crippen molar-refractivity contribution in [1.29, 1.82) is 0 Å². The molecular weight excluding hydrogens is 240 g/mol. The zero-order chi connectivity index (χ0) is 14.7. The number of fused-ring (bicyclic) bond motifs is 4. The third-order valence-electron chi connectivity index (χ3n) is 4.35. The van der Waals surface area contributed by atoms with Gasteiger partial charge in [0, 0.05) is 0 Å². The third-order valence-corrected chi connectivity index (χ3v) is 4.35. The fraction of sp³-hybridized carbons (Fsp3) is 0.400. The first-order chi connectivity index (χ1) is 9.18. The number of hydrogen-bond acceptors (Lipinski definition) is 0. The maximum atomic E-state index is 2.37. The highest BCUT2D eigenvalue weighted by Crippen LogP contribution is 2.49. The zero-order valence-corrected chi connectivity index (χ0v) is 13.5. The van der Waals surface area contributed by atoms with Crippen molar-refractivity contribution in [1.82, 2.24) is 0 Å². The molecule has 2 aromatic carbocycles. The van der Waals surface area contributed by atoms with Crippen LogP contribution in [-0.4, -0.2) is 0 Å². The van der Waals surface area contributed by atoms with Gasteiger partial charge in [-0.25, -0.2) is 0 Å². The molecule has 0 aliphatic heterocycles. The highest BCUT2D eigenvalue weighted by molar-refractivity contribution is 6.02. The minimum atomic E-state index is 0.218. The predicted molar refractivity (Wildman–Crippen MR) is 88.3 cm³/mol. The highest BCUT2D eigenvalue weighted by Gasteiger charge is 2.26. The summed E-state index contributed by atoms with van der Waals surface area (Å²) in [5, 5.41) is 0. The Kier molecular flexibility index (Phi) is 2.67. The molecule has 0 radical (unpaired) electrons. The summed E-state index contributed by atoms with van der Waals surface area (Å²) in [7, 11) is 0. The molecule has 20 heavy (non-hydrogen) atoms. The molecule has 1 aliphatic carbocycles. The lowest BCUT2D eigenvalue weighted by molar-refractivity contribution is 0.590. The van der Waals surface area contributed by atoms with Crippen LogP contribution in [0.5, 0.6) is 0 Å². The fourth-order valence-electron chi connectivity index (χ4n) is 2.87. The van der Waals surface area contributed by atoms with Gasteiger partial charge in [0.2, 0.25) is 0 Å². The molecule has 0 saturated carbocycles. The van der Waals surface area contributed by atoms with E-state index in [0.717, 1.165) is 0 Å². The molecule has 0 saturated heterocycles. The monoisotopic (exact) mass is 264 g/mol. The molecule has 0 spiro atoms. The first kappa shape index (κ1) is 13.4. The van der Waals surface area contributed by atoms with Gasteiger partial charge >= 0.3 is 0 Å². The van der Waals surface area contributed by atoms with Crippen LogP contribution in [0.3, 0.4) is 0 Å². The van der Waals surface area contributed by atoms with E-state index in [2.05, 4.69) is 77.9 Å². The highest BCUT2D eigenvalue weighted by atomic mass is 14.3. The summed E-state index contributed by atoms with van der Waals surface area (Å²) in [6, 6.07) is 13.9. The van der Waals surface area contributed by atoms with Crippen molar-refractivity contribution >= 4 is 0 Å². The van der Waals surface area contributed by atoms with Crippen LogP contribution < -0.4 is 0 Å². The second kappa shape index (κ2) is 3.97. The second-order valence-electron chi connectivity index (χ2n) is 8.02. The van der Waals surface area contributed by atoms with Gasteiger partial charge < -0.3 is 0 Å². The summed E-state index contributed by atoms with van der Waals surface area (Å²) in [6.07, 6.45) is 0. The minimum Gasteiger partial charge on any atom is -0.0578 e. The molecule has 0 bridgehead atoms. The molecule has 1 aliphatic rings. The van der Waals surface area contributed by atoms with Crippen molar-refractivity contribution in [3.8, 4) is 22.3 Å². The van der Waals surface area contributed by atoms with Crippen LogP contribution in [0.25, 0.3) is 22.3 Å². The van der Waals surface area contributed by atoms with Crippen LogP contribution in [0.15, 0.2) is 36.4 Å². The molecule has 2 aromatic rings. The van der Waals surface area contributed by atoms with E-state index in [4.69, 9.17) is 0 Å². The molecule has 0 heterocycles. The van der Waals surface area contributed by atoms with E-state index in [9.17, 15) is 0 Å². The first-order valence-electron chi connectivity index (χ1n) is 7.48. The third kappa shape index (κ3) is 1.98. The summed E-state index contributed by atoms with van der Waals surface area (Å²) in [4.78, 5) is 0. The molecule has 3 rings (SSSR count). The average Bonchev–Trinajstić information content (AvgIpc) is 2.32. The summed E-state index contributed by atoms with van der Waals surface area (Å²) < 4.78 is 0.